The molecule has 0 saturated carbocycles. The van der Waals surface area contributed by atoms with Crippen molar-refractivity contribution in [1.82, 2.24) is 9.78 Å². The Bertz CT molecular complexity index is 1700. The Hall–Kier alpha value is -4.44. The number of sulfone groups is 1. The third kappa shape index (κ3) is 4.64. The topological polar surface area (TPSA) is 97.1 Å². The maximum atomic E-state index is 13.9. The van der Waals surface area contributed by atoms with Gasteiger partial charge in [0.25, 0.3) is 5.91 Å². The first kappa shape index (κ1) is 25.8. The Morgan fingerprint density at radius 1 is 0.825 bits per heavy atom. The number of aliphatic imine (C=N–C) groups is 1. The van der Waals surface area contributed by atoms with Crippen LogP contribution in [0.3, 0.4) is 0 Å². The molecule has 3 heterocycles. The number of hydrogen-bond donors (Lipinski definition) is 0. The summed E-state index contributed by atoms with van der Waals surface area (Å²) in [5.41, 5.74) is 4.09. The molecule has 0 radical (unpaired) electrons. The summed E-state index contributed by atoms with van der Waals surface area (Å²) in [4.78, 5) is 22.6. The number of nitrogens with zero attached hydrogens (tertiary/aromatic N) is 5. The van der Waals surface area contributed by atoms with Gasteiger partial charge in [-0.05, 0) is 61.4 Å². The second kappa shape index (κ2) is 10.3. The van der Waals surface area contributed by atoms with Gasteiger partial charge < -0.3 is 14.5 Å². The van der Waals surface area contributed by atoms with E-state index in [1.807, 2.05) is 42.5 Å². The fourth-order valence-corrected chi connectivity index (χ4v) is 6.16. The van der Waals surface area contributed by atoms with Crippen LogP contribution in [0.4, 0.5) is 11.4 Å². The fraction of sp³-hybridized carbons (Fsp3) is 0.233. The molecule has 0 unspecified atom stereocenters. The minimum atomic E-state index is -3.64. The van der Waals surface area contributed by atoms with E-state index in [0.717, 1.165) is 48.5 Å². The Morgan fingerprint density at radius 3 is 2.12 bits per heavy atom. The van der Waals surface area contributed by atoms with Gasteiger partial charge in [-0.2, -0.15) is 5.10 Å². The molecule has 204 valence electrons. The first-order valence-corrected chi connectivity index (χ1v) is 15.0. The molecule has 0 spiro atoms. The predicted octanol–water partition coefficient (Wildman–Crippen LogP) is 4.14. The SMILES string of the molecule is COc1ccc(-n2nc(S(C)(=O)=O)c3c2C(=O)N(c2ccc(N4CCCN=C4c4ccccc4)cc2)CC3)cc1. The van der Waals surface area contributed by atoms with E-state index in [9.17, 15) is 13.2 Å². The number of methoxy groups -OCH3 is 1. The van der Waals surface area contributed by atoms with Gasteiger partial charge in [0.1, 0.15) is 17.3 Å². The zero-order chi connectivity index (χ0) is 27.9. The van der Waals surface area contributed by atoms with E-state index in [-0.39, 0.29) is 16.6 Å². The summed E-state index contributed by atoms with van der Waals surface area (Å²) in [6.45, 7) is 2.00. The van der Waals surface area contributed by atoms with Gasteiger partial charge in [-0.25, -0.2) is 13.1 Å². The monoisotopic (exact) mass is 555 g/mol. The Labute approximate surface area is 233 Å². The number of carbonyl (C=O) groups is 1. The molecule has 4 aromatic rings. The number of carbonyl (C=O) groups excluding carboxylic acids is 1. The molecule has 9 nitrogen and oxygen atoms in total. The molecule has 0 bridgehead atoms. The maximum absolute atomic E-state index is 13.9. The number of amidine groups is 1. The summed E-state index contributed by atoms with van der Waals surface area (Å²) in [7, 11) is -2.07. The van der Waals surface area contributed by atoms with Crippen molar-refractivity contribution >= 4 is 33.0 Å². The molecule has 2 aliphatic rings. The molecule has 0 saturated heterocycles. The van der Waals surface area contributed by atoms with Crippen LogP contribution in [0.2, 0.25) is 0 Å². The van der Waals surface area contributed by atoms with E-state index in [0.29, 0.717) is 30.0 Å². The number of hydrogen-bond acceptors (Lipinski definition) is 7. The summed E-state index contributed by atoms with van der Waals surface area (Å²) in [5, 5.41) is 4.34. The number of benzene rings is 3. The van der Waals surface area contributed by atoms with Crippen molar-refractivity contribution in [3.05, 3.63) is 95.7 Å². The minimum absolute atomic E-state index is 0.0560. The smallest absolute Gasteiger partial charge is 0.277 e. The van der Waals surface area contributed by atoms with Gasteiger partial charge in [-0.3, -0.25) is 9.79 Å². The third-order valence-corrected chi connectivity index (χ3v) is 8.24. The zero-order valence-electron chi connectivity index (χ0n) is 22.3. The average molecular weight is 556 g/mol. The predicted molar refractivity (Wildman–Crippen MR) is 155 cm³/mol. The second-order valence-corrected chi connectivity index (χ2v) is 11.7. The lowest BCUT2D eigenvalue weighted by Crippen LogP contribution is -2.39. The van der Waals surface area contributed by atoms with Crippen LogP contribution in [-0.4, -0.2) is 62.9 Å². The summed E-state index contributed by atoms with van der Waals surface area (Å²) in [6.07, 6.45) is 2.46. The quantitative estimate of drug-likeness (QED) is 0.355. The van der Waals surface area contributed by atoms with Crippen LogP contribution in [0.1, 0.15) is 28.0 Å². The molecule has 2 aliphatic heterocycles. The summed E-state index contributed by atoms with van der Waals surface area (Å²) >= 11 is 0. The standard InChI is InChI=1S/C30H29N5O4S/c1-39-25-15-13-24(14-16-25)35-27-26(29(32-35)40(2,37)38)17-20-34(30(27)36)23-11-9-22(10-12-23)33-19-6-18-31-28(33)21-7-4-3-5-8-21/h3-5,7-16H,6,17-20H2,1-2H3. The molecule has 1 amide bonds. The lowest BCUT2D eigenvalue weighted by Gasteiger charge is -2.31. The van der Waals surface area contributed by atoms with Crippen molar-refractivity contribution < 1.29 is 17.9 Å². The molecule has 3 aromatic carbocycles. The van der Waals surface area contributed by atoms with E-state index in [4.69, 9.17) is 9.73 Å². The lowest BCUT2D eigenvalue weighted by molar-refractivity contribution is 0.0973. The van der Waals surface area contributed by atoms with Crippen molar-refractivity contribution in [2.75, 3.05) is 42.8 Å². The Kier molecular flexibility index (Phi) is 6.63. The van der Waals surface area contributed by atoms with Crippen LogP contribution in [0, 0.1) is 0 Å². The van der Waals surface area contributed by atoms with Crippen LogP contribution < -0.4 is 14.5 Å². The van der Waals surface area contributed by atoms with Crippen molar-refractivity contribution in [2.24, 2.45) is 4.99 Å². The van der Waals surface area contributed by atoms with E-state index in [1.54, 1.807) is 36.3 Å². The molecule has 1 aromatic heterocycles. The molecule has 10 heteroatoms. The van der Waals surface area contributed by atoms with Gasteiger partial charge >= 0.3 is 0 Å². The van der Waals surface area contributed by atoms with E-state index >= 15 is 0 Å². The van der Waals surface area contributed by atoms with Crippen LogP contribution in [0.25, 0.3) is 5.69 Å². The van der Waals surface area contributed by atoms with Gasteiger partial charge in [-0.15, -0.1) is 0 Å². The highest BCUT2D eigenvalue weighted by Crippen LogP contribution is 2.32. The summed E-state index contributed by atoms with van der Waals surface area (Å²) < 4.78 is 31.9. The van der Waals surface area contributed by atoms with E-state index in [2.05, 4.69) is 22.1 Å². The zero-order valence-corrected chi connectivity index (χ0v) is 23.1. The first-order chi connectivity index (χ1) is 19.3. The number of amides is 1. The van der Waals surface area contributed by atoms with Crippen LogP contribution >= 0.6 is 0 Å². The van der Waals surface area contributed by atoms with Gasteiger partial charge in [0.15, 0.2) is 14.9 Å². The molecule has 0 N–H and O–H groups in total. The number of anilines is 2. The number of rotatable bonds is 6. The highest BCUT2D eigenvalue weighted by atomic mass is 32.2. The Morgan fingerprint density at radius 2 is 1.48 bits per heavy atom. The van der Waals surface area contributed by atoms with Crippen molar-refractivity contribution in [3.63, 3.8) is 0 Å². The summed E-state index contributed by atoms with van der Waals surface area (Å²) in [5.74, 6) is 1.29. The van der Waals surface area contributed by atoms with E-state index in [1.165, 1.54) is 4.68 Å². The first-order valence-electron chi connectivity index (χ1n) is 13.1. The van der Waals surface area contributed by atoms with Gasteiger partial charge in [-0.1, -0.05) is 30.3 Å². The largest absolute Gasteiger partial charge is 0.497 e. The van der Waals surface area contributed by atoms with E-state index < -0.39 is 9.84 Å². The molecule has 0 atom stereocenters. The van der Waals surface area contributed by atoms with Crippen molar-refractivity contribution in [2.45, 2.75) is 17.9 Å². The molecule has 0 fully saturated rings. The molecule has 0 aliphatic carbocycles. The third-order valence-electron chi connectivity index (χ3n) is 7.21. The number of ether oxygens (including phenoxy) is 1. The molecular formula is C30H29N5O4S. The lowest BCUT2D eigenvalue weighted by atomic mass is 10.1. The average Bonchev–Trinajstić information content (AvgIpc) is 3.39. The maximum Gasteiger partial charge on any atom is 0.277 e. The fourth-order valence-electron chi connectivity index (χ4n) is 5.29. The molecule has 6 rings (SSSR count). The van der Waals surface area contributed by atoms with Gasteiger partial charge in [0, 0.05) is 48.4 Å². The number of aromatic nitrogens is 2. The molecule has 40 heavy (non-hydrogen) atoms. The van der Waals surface area contributed by atoms with Crippen molar-refractivity contribution in [1.29, 1.82) is 0 Å². The van der Waals surface area contributed by atoms with Crippen LogP contribution in [0.15, 0.2) is 88.9 Å². The van der Waals surface area contributed by atoms with Gasteiger partial charge in [0.2, 0.25) is 0 Å². The summed E-state index contributed by atoms with van der Waals surface area (Å²) in [6, 6.07) is 25.0. The molecular weight excluding hydrogens is 526 g/mol. The Balaban J connectivity index is 1.34. The highest BCUT2D eigenvalue weighted by Gasteiger charge is 2.36. The van der Waals surface area contributed by atoms with Crippen molar-refractivity contribution in [3.8, 4) is 11.4 Å². The highest BCUT2D eigenvalue weighted by molar-refractivity contribution is 7.90. The van der Waals surface area contributed by atoms with Crippen LogP contribution in [-0.2, 0) is 16.3 Å². The van der Waals surface area contributed by atoms with Crippen LogP contribution in [0.5, 0.6) is 5.75 Å². The number of fused-ring (bicyclic) bond motifs is 1. The normalized spacial score (nSPS) is 15.6. The minimum Gasteiger partial charge on any atom is -0.497 e. The van der Waals surface area contributed by atoms with Gasteiger partial charge in [0.05, 0.1) is 12.8 Å². The second-order valence-electron chi connectivity index (χ2n) is 9.81.